The van der Waals surface area contributed by atoms with Crippen LogP contribution in [0.3, 0.4) is 0 Å². The first kappa shape index (κ1) is 11.7. The van der Waals surface area contributed by atoms with Gasteiger partial charge in [0.25, 0.3) is 0 Å². The zero-order valence-corrected chi connectivity index (χ0v) is 10.5. The summed E-state index contributed by atoms with van der Waals surface area (Å²) in [5.74, 6) is 0.664. The first-order valence-corrected chi connectivity index (χ1v) is 6.48. The largest absolute Gasteiger partial charge is 0.371 e. The van der Waals surface area contributed by atoms with Crippen LogP contribution in [0.15, 0.2) is 6.20 Å². The molecule has 0 aromatic carbocycles. The van der Waals surface area contributed by atoms with E-state index in [0.29, 0.717) is 10.8 Å². The second kappa shape index (κ2) is 4.63. The molecule has 88 valence electrons. The Bertz CT molecular complexity index is 377. The molecule has 1 aliphatic rings. The molecule has 3 nitrogen and oxygen atoms in total. The van der Waals surface area contributed by atoms with Crippen molar-refractivity contribution in [2.75, 3.05) is 7.11 Å². The minimum absolute atomic E-state index is 0.246. The summed E-state index contributed by atoms with van der Waals surface area (Å²) in [6.45, 7) is 2.25. The molecule has 2 unspecified atom stereocenters. The maximum atomic E-state index is 10.7. The summed E-state index contributed by atoms with van der Waals surface area (Å²) >= 11 is 1.46. The van der Waals surface area contributed by atoms with Crippen LogP contribution in [0.2, 0.25) is 0 Å². The first-order chi connectivity index (χ1) is 7.70. The van der Waals surface area contributed by atoms with Gasteiger partial charge in [0.2, 0.25) is 0 Å². The lowest BCUT2D eigenvalue weighted by Gasteiger charge is -2.37. The van der Waals surface area contributed by atoms with Gasteiger partial charge >= 0.3 is 0 Å². The van der Waals surface area contributed by atoms with E-state index in [4.69, 9.17) is 4.74 Å². The fourth-order valence-corrected chi connectivity index (χ4v) is 3.46. The van der Waals surface area contributed by atoms with Crippen molar-refractivity contribution in [3.05, 3.63) is 16.1 Å². The van der Waals surface area contributed by atoms with Crippen molar-refractivity contribution in [2.24, 2.45) is 5.92 Å². The Hall–Kier alpha value is -0.740. The number of hydrogen-bond donors (Lipinski definition) is 0. The maximum Gasteiger partial charge on any atom is 0.161 e. The number of thiazole rings is 1. The zero-order chi connectivity index (χ0) is 11.6. The molecule has 2 rings (SSSR count). The fourth-order valence-electron chi connectivity index (χ4n) is 2.52. The maximum absolute atomic E-state index is 10.7. The molecule has 0 N–H and O–H groups in total. The Morgan fingerprint density at radius 2 is 2.50 bits per heavy atom. The van der Waals surface area contributed by atoms with Gasteiger partial charge in [0.1, 0.15) is 10.6 Å². The van der Waals surface area contributed by atoms with Crippen LogP contribution in [0, 0.1) is 5.92 Å². The number of carbonyl (C=O) groups is 1. The number of aldehydes is 1. The third-order valence-electron chi connectivity index (χ3n) is 3.38. The number of carbonyl (C=O) groups excluding carboxylic acids is 1. The number of hydrogen-bond acceptors (Lipinski definition) is 4. The Labute approximate surface area is 99.8 Å². The Balaban J connectivity index is 2.29. The van der Waals surface area contributed by atoms with Gasteiger partial charge < -0.3 is 4.74 Å². The lowest BCUT2D eigenvalue weighted by Crippen LogP contribution is -2.34. The van der Waals surface area contributed by atoms with Crippen molar-refractivity contribution < 1.29 is 9.53 Å². The van der Waals surface area contributed by atoms with E-state index in [2.05, 4.69) is 11.9 Å². The molecule has 1 aromatic rings. The van der Waals surface area contributed by atoms with E-state index in [0.717, 1.165) is 24.1 Å². The molecule has 2 atom stereocenters. The van der Waals surface area contributed by atoms with E-state index >= 15 is 0 Å². The SMILES string of the molecule is COC1(c2ncc(C=O)s2)CCCC(C)C1. The van der Waals surface area contributed by atoms with Crippen LogP contribution in [0.1, 0.15) is 47.3 Å². The van der Waals surface area contributed by atoms with Crippen molar-refractivity contribution in [2.45, 2.75) is 38.2 Å². The minimum Gasteiger partial charge on any atom is -0.371 e. The molecular weight excluding hydrogens is 222 g/mol. The van der Waals surface area contributed by atoms with Crippen LogP contribution >= 0.6 is 11.3 Å². The highest BCUT2D eigenvalue weighted by Crippen LogP contribution is 2.43. The van der Waals surface area contributed by atoms with Gasteiger partial charge in [-0.05, 0) is 25.2 Å². The summed E-state index contributed by atoms with van der Waals surface area (Å²) in [5, 5.41) is 0.962. The number of aromatic nitrogens is 1. The molecule has 1 saturated carbocycles. The topological polar surface area (TPSA) is 39.2 Å². The standard InChI is InChI=1S/C12H17NO2S/c1-9-4-3-5-12(6-9,15-2)11-13-7-10(8-14)16-11/h7-9H,3-6H2,1-2H3. The number of rotatable bonds is 3. The molecule has 1 heterocycles. The summed E-state index contributed by atoms with van der Waals surface area (Å²) in [5.41, 5.74) is -0.246. The number of ether oxygens (including phenoxy) is 1. The Morgan fingerprint density at radius 3 is 3.06 bits per heavy atom. The number of methoxy groups -OCH3 is 1. The van der Waals surface area contributed by atoms with E-state index < -0.39 is 0 Å². The van der Waals surface area contributed by atoms with Gasteiger partial charge in [-0.3, -0.25) is 4.79 Å². The lowest BCUT2D eigenvalue weighted by atomic mass is 9.79. The van der Waals surface area contributed by atoms with Crippen LogP contribution in [-0.4, -0.2) is 18.4 Å². The third-order valence-corrected chi connectivity index (χ3v) is 4.48. The molecule has 16 heavy (non-hydrogen) atoms. The van der Waals surface area contributed by atoms with Gasteiger partial charge in [-0.2, -0.15) is 0 Å². The lowest BCUT2D eigenvalue weighted by molar-refractivity contribution is -0.0580. The summed E-state index contributed by atoms with van der Waals surface area (Å²) < 4.78 is 5.73. The van der Waals surface area contributed by atoms with E-state index in [1.165, 1.54) is 24.2 Å². The van der Waals surface area contributed by atoms with E-state index in [1.807, 2.05) is 0 Å². The molecule has 0 bridgehead atoms. The fraction of sp³-hybridized carbons (Fsp3) is 0.667. The van der Waals surface area contributed by atoms with Gasteiger partial charge in [-0.1, -0.05) is 13.3 Å². The molecule has 1 aliphatic carbocycles. The number of nitrogens with zero attached hydrogens (tertiary/aromatic N) is 1. The van der Waals surface area contributed by atoms with Crippen LogP contribution in [0.4, 0.5) is 0 Å². The average Bonchev–Trinajstić information content (AvgIpc) is 2.78. The third kappa shape index (κ3) is 2.04. The minimum atomic E-state index is -0.246. The molecule has 0 amide bonds. The van der Waals surface area contributed by atoms with Crippen LogP contribution in [0.25, 0.3) is 0 Å². The van der Waals surface area contributed by atoms with Crippen molar-refractivity contribution in [3.8, 4) is 0 Å². The molecule has 1 aromatic heterocycles. The Morgan fingerprint density at radius 1 is 1.69 bits per heavy atom. The zero-order valence-electron chi connectivity index (χ0n) is 9.73. The average molecular weight is 239 g/mol. The van der Waals surface area contributed by atoms with E-state index in [1.54, 1.807) is 13.3 Å². The normalized spacial score (nSPS) is 30.2. The van der Waals surface area contributed by atoms with Gasteiger partial charge in [0.15, 0.2) is 6.29 Å². The smallest absolute Gasteiger partial charge is 0.161 e. The highest BCUT2D eigenvalue weighted by molar-refractivity contribution is 7.13. The highest BCUT2D eigenvalue weighted by atomic mass is 32.1. The quantitative estimate of drug-likeness (QED) is 0.761. The van der Waals surface area contributed by atoms with E-state index in [-0.39, 0.29) is 5.60 Å². The predicted octanol–water partition coefficient (Wildman–Crippen LogP) is 3.01. The summed E-state index contributed by atoms with van der Waals surface area (Å²) in [7, 11) is 1.75. The van der Waals surface area contributed by atoms with Crippen molar-refractivity contribution in [3.63, 3.8) is 0 Å². The van der Waals surface area contributed by atoms with Gasteiger partial charge in [0, 0.05) is 13.3 Å². The van der Waals surface area contributed by atoms with Crippen LogP contribution < -0.4 is 0 Å². The summed E-state index contributed by atoms with van der Waals surface area (Å²) in [4.78, 5) is 15.7. The van der Waals surface area contributed by atoms with Crippen molar-refractivity contribution >= 4 is 17.6 Å². The molecule has 4 heteroatoms. The van der Waals surface area contributed by atoms with E-state index in [9.17, 15) is 4.79 Å². The second-order valence-corrected chi connectivity index (χ2v) is 5.65. The predicted molar refractivity (Wildman–Crippen MR) is 63.8 cm³/mol. The van der Waals surface area contributed by atoms with Gasteiger partial charge in [-0.25, -0.2) is 4.98 Å². The molecule has 0 spiro atoms. The molecule has 0 saturated heterocycles. The monoisotopic (exact) mass is 239 g/mol. The van der Waals surface area contributed by atoms with Crippen molar-refractivity contribution in [1.82, 2.24) is 4.98 Å². The molecular formula is C12H17NO2S. The Kier molecular flexibility index (Phi) is 3.40. The van der Waals surface area contributed by atoms with Gasteiger partial charge in [0.05, 0.1) is 4.88 Å². The van der Waals surface area contributed by atoms with Gasteiger partial charge in [-0.15, -0.1) is 11.3 Å². The molecule has 0 radical (unpaired) electrons. The second-order valence-electron chi connectivity index (χ2n) is 4.59. The van der Waals surface area contributed by atoms with Crippen LogP contribution in [-0.2, 0) is 10.3 Å². The summed E-state index contributed by atoms with van der Waals surface area (Å²) in [6.07, 6.45) is 6.96. The first-order valence-electron chi connectivity index (χ1n) is 5.67. The molecule has 0 aliphatic heterocycles. The van der Waals surface area contributed by atoms with Crippen LogP contribution in [0.5, 0.6) is 0 Å². The molecule has 1 fully saturated rings. The summed E-state index contributed by atoms with van der Waals surface area (Å²) in [6, 6.07) is 0. The highest BCUT2D eigenvalue weighted by Gasteiger charge is 2.39. The van der Waals surface area contributed by atoms with Crippen molar-refractivity contribution in [1.29, 1.82) is 0 Å².